The second-order valence-corrected chi connectivity index (χ2v) is 2.37. The van der Waals surface area contributed by atoms with Crippen molar-refractivity contribution in [3.8, 4) is 0 Å². The number of rotatable bonds is 3. The number of pyridine rings is 1. The summed E-state index contributed by atoms with van der Waals surface area (Å²) in [5.41, 5.74) is 2.26. The Bertz CT molecular complexity index is 245. The van der Waals surface area contributed by atoms with Gasteiger partial charge in [-0.2, -0.15) is 0 Å². The minimum absolute atomic E-state index is 0.506. The van der Waals surface area contributed by atoms with Crippen molar-refractivity contribution >= 4 is 6.29 Å². The van der Waals surface area contributed by atoms with Gasteiger partial charge in [-0.1, -0.05) is 6.92 Å². The second kappa shape index (κ2) is 3.86. The Hall–Kier alpha value is -1.18. The van der Waals surface area contributed by atoms with E-state index in [0.29, 0.717) is 6.42 Å². The van der Waals surface area contributed by atoms with E-state index in [9.17, 15) is 4.79 Å². The summed E-state index contributed by atoms with van der Waals surface area (Å²) in [6.45, 7) is 2.06. The lowest BCUT2D eigenvalue weighted by molar-refractivity contribution is -0.107. The second-order valence-electron chi connectivity index (χ2n) is 2.37. The summed E-state index contributed by atoms with van der Waals surface area (Å²) in [7, 11) is 0. The van der Waals surface area contributed by atoms with Crippen LogP contribution >= 0.6 is 0 Å². The molecule has 1 aromatic heterocycles. The summed E-state index contributed by atoms with van der Waals surface area (Å²) < 4.78 is 0. The van der Waals surface area contributed by atoms with E-state index in [4.69, 9.17) is 0 Å². The molecule has 0 spiro atoms. The molecule has 0 aliphatic carbocycles. The smallest absolute Gasteiger partial charge is 0.124 e. The predicted molar refractivity (Wildman–Crippen MR) is 43.4 cm³/mol. The van der Waals surface area contributed by atoms with Crippen molar-refractivity contribution in [2.75, 3.05) is 0 Å². The minimum atomic E-state index is 0.506. The third-order valence-electron chi connectivity index (χ3n) is 1.69. The maximum Gasteiger partial charge on any atom is 0.124 e. The molecule has 0 saturated heterocycles. The number of carbonyl (C=O) groups excluding carboxylic acids is 1. The maximum absolute atomic E-state index is 10.2. The first-order valence-electron chi connectivity index (χ1n) is 3.74. The van der Waals surface area contributed by atoms with Crippen LogP contribution < -0.4 is 0 Å². The van der Waals surface area contributed by atoms with Crippen LogP contribution in [0.4, 0.5) is 0 Å². The van der Waals surface area contributed by atoms with Gasteiger partial charge in [-0.25, -0.2) is 0 Å². The fraction of sp³-hybridized carbons (Fsp3) is 0.333. The molecule has 0 aliphatic rings. The van der Waals surface area contributed by atoms with E-state index in [1.807, 2.05) is 12.3 Å². The predicted octanol–water partition coefficient (Wildman–Crippen LogP) is 1.39. The fourth-order valence-electron chi connectivity index (χ4n) is 1.06. The number of aromatic nitrogens is 1. The van der Waals surface area contributed by atoms with Crippen LogP contribution in [0, 0.1) is 0 Å². The van der Waals surface area contributed by atoms with Crippen LogP contribution in [0.2, 0.25) is 0 Å². The molecule has 2 nitrogen and oxygen atoms in total. The highest BCUT2D eigenvalue weighted by Crippen LogP contribution is 2.06. The molecule has 0 N–H and O–H groups in total. The van der Waals surface area contributed by atoms with Gasteiger partial charge in [-0.15, -0.1) is 0 Å². The summed E-state index contributed by atoms with van der Waals surface area (Å²) in [4.78, 5) is 14.2. The molecule has 0 fully saturated rings. The molecule has 0 unspecified atom stereocenters. The van der Waals surface area contributed by atoms with Crippen molar-refractivity contribution in [1.29, 1.82) is 0 Å². The highest BCUT2D eigenvalue weighted by Gasteiger charge is 1.97. The molecule has 11 heavy (non-hydrogen) atoms. The number of carbonyl (C=O) groups is 1. The van der Waals surface area contributed by atoms with Crippen LogP contribution in [0.15, 0.2) is 18.5 Å². The van der Waals surface area contributed by atoms with Gasteiger partial charge in [-0.3, -0.25) is 4.98 Å². The average molecular weight is 149 g/mol. The lowest BCUT2D eigenvalue weighted by Crippen LogP contribution is -1.93. The van der Waals surface area contributed by atoms with Crippen LogP contribution in [0.3, 0.4) is 0 Å². The molecule has 0 bridgehead atoms. The molecular formula is C9H11NO. The Morgan fingerprint density at radius 1 is 1.55 bits per heavy atom. The lowest BCUT2D eigenvalue weighted by atomic mass is 10.1. The van der Waals surface area contributed by atoms with E-state index in [2.05, 4.69) is 11.9 Å². The first kappa shape index (κ1) is 7.92. The van der Waals surface area contributed by atoms with E-state index in [0.717, 1.165) is 18.3 Å². The molecule has 1 aromatic rings. The zero-order valence-electron chi connectivity index (χ0n) is 6.58. The minimum Gasteiger partial charge on any atom is -0.303 e. The van der Waals surface area contributed by atoms with E-state index >= 15 is 0 Å². The first-order chi connectivity index (χ1) is 5.38. The fourth-order valence-corrected chi connectivity index (χ4v) is 1.06. The first-order valence-corrected chi connectivity index (χ1v) is 3.74. The molecule has 0 aliphatic heterocycles. The van der Waals surface area contributed by atoms with Gasteiger partial charge in [0.05, 0.1) is 0 Å². The van der Waals surface area contributed by atoms with Crippen molar-refractivity contribution in [2.24, 2.45) is 0 Å². The summed E-state index contributed by atoms with van der Waals surface area (Å²) in [6.07, 6.45) is 5.91. The van der Waals surface area contributed by atoms with Crippen molar-refractivity contribution in [1.82, 2.24) is 4.98 Å². The Morgan fingerprint density at radius 3 is 3.00 bits per heavy atom. The van der Waals surface area contributed by atoms with E-state index < -0.39 is 0 Å². The highest BCUT2D eigenvalue weighted by molar-refractivity contribution is 5.55. The van der Waals surface area contributed by atoms with Gasteiger partial charge in [0.15, 0.2) is 0 Å². The van der Waals surface area contributed by atoms with Crippen LogP contribution in [-0.4, -0.2) is 11.3 Å². The zero-order chi connectivity index (χ0) is 8.10. The van der Waals surface area contributed by atoms with Gasteiger partial charge in [-0.05, 0) is 23.6 Å². The summed E-state index contributed by atoms with van der Waals surface area (Å²) in [5.74, 6) is 0. The van der Waals surface area contributed by atoms with E-state index in [1.54, 1.807) is 6.20 Å². The van der Waals surface area contributed by atoms with E-state index in [1.165, 1.54) is 5.56 Å². The Labute approximate surface area is 66.3 Å². The molecule has 1 heterocycles. The highest BCUT2D eigenvalue weighted by atomic mass is 16.1. The van der Waals surface area contributed by atoms with Gasteiger partial charge in [0.1, 0.15) is 6.29 Å². The SMILES string of the molecule is CCc1cnccc1CC=O. The molecule has 0 saturated carbocycles. The van der Waals surface area contributed by atoms with Crippen molar-refractivity contribution < 1.29 is 4.79 Å². The van der Waals surface area contributed by atoms with Crippen LogP contribution in [0.25, 0.3) is 0 Å². The third kappa shape index (κ3) is 1.87. The summed E-state index contributed by atoms with van der Waals surface area (Å²) >= 11 is 0. The molecule has 58 valence electrons. The van der Waals surface area contributed by atoms with Crippen molar-refractivity contribution in [3.05, 3.63) is 29.6 Å². The number of aldehydes is 1. The average Bonchev–Trinajstić information content (AvgIpc) is 2.06. The molecule has 0 atom stereocenters. The molecule has 0 amide bonds. The topological polar surface area (TPSA) is 30.0 Å². The zero-order valence-corrected chi connectivity index (χ0v) is 6.58. The molecule has 0 aromatic carbocycles. The number of nitrogens with zero attached hydrogens (tertiary/aromatic N) is 1. The Kier molecular flexibility index (Phi) is 2.78. The molecular weight excluding hydrogens is 138 g/mol. The molecule has 2 heteroatoms. The van der Waals surface area contributed by atoms with Gasteiger partial charge < -0.3 is 4.79 Å². The van der Waals surface area contributed by atoms with Crippen LogP contribution in [0.1, 0.15) is 18.1 Å². The quantitative estimate of drug-likeness (QED) is 0.608. The monoisotopic (exact) mass is 149 g/mol. The molecule has 1 rings (SSSR count). The summed E-state index contributed by atoms with van der Waals surface area (Å²) in [6, 6.07) is 1.90. The van der Waals surface area contributed by atoms with E-state index in [-0.39, 0.29) is 0 Å². The Morgan fingerprint density at radius 2 is 2.36 bits per heavy atom. The van der Waals surface area contributed by atoms with Crippen LogP contribution in [0.5, 0.6) is 0 Å². The van der Waals surface area contributed by atoms with Crippen molar-refractivity contribution in [3.63, 3.8) is 0 Å². The lowest BCUT2D eigenvalue weighted by Gasteiger charge is -2.01. The number of aryl methyl sites for hydroxylation is 1. The standard InChI is InChI=1S/C9H11NO/c1-2-8-7-10-5-3-9(8)4-6-11/h3,5-7H,2,4H2,1H3. The van der Waals surface area contributed by atoms with Gasteiger partial charge >= 0.3 is 0 Å². The summed E-state index contributed by atoms with van der Waals surface area (Å²) in [5, 5.41) is 0. The Balaban J connectivity index is 2.92. The largest absolute Gasteiger partial charge is 0.303 e. The van der Waals surface area contributed by atoms with Gasteiger partial charge in [0, 0.05) is 18.8 Å². The third-order valence-corrected chi connectivity index (χ3v) is 1.69. The number of hydrogen-bond donors (Lipinski definition) is 0. The van der Waals surface area contributed by atoms with Crippen molar-refractivity contribution in [2.45, 2.75) is 19.8 Å². The van der Waals surface area contributed by atoms with Gasteiger partial charge in [0.2, 0.25) is 0 Å². The number of hydrogen-bond acceptors (Lipinski definition) is 2. The maximum atomic E-state index is 10.2. The van der Waals surface area contributed by atoms with Gasteiger partial charge in [0.25, 0.3) is 0 Å². The van der Waals surface area contributed by atoms with Crippen LogP contribution in [-0.2, 0) is 17.6 Å². The molecule has 0 radical (unpaired) electrons. The normalized spacial score (nSPS) is 9.55.